The van der Waals surface area contributed by atoms with E-state index in [0.717, 1.165) is 45.0 Å². The van der Waals surface area contributed by atoms with Crippen LogP contribution in [0.4, 0.5) is 10.6 Å². The lowest BCUT2D eigenvalue weighted by Gasteiger charge is -2.37. The van der Waals surface area contributed by atoms with Gasteiger partial charge in [0.25, 0.3) is 5.88 Å². The number of piperazine rings is 1. The molecule has 4 rings (SSSR count). The largest absolute Gasteiger partial charge is 0.478 e. The molecular formula is C22H32N6O3S. The fourth-order valence-electron chi connectivity index (χ4n) is 4.26. The molecule has 0 spiro atoms. The number of morpholine rings is 1. The summed E-state index contributed by atoms with van der Waals surface area (Å²) in [5.41, 5.74) is 1.30. The van der Waals surface area contributed by atoms with Crippen LogP contribution in [0.5, 0.6) is 5.88 Å². The number of urea groups is 1. The Kier molecular flexibility index (Phi) is 8.13. The van der Waals surface area contributed by atoms with E-state index in [9.17, 15) is 4.79 Å². The summed E-state index contributed by atoms with van der Waals surface area (Å²) in [5, 5.41) is 3.17. The van der Waals surface area contributed by atoms with Gasteiger partial charge in [-0.1, -0.05) is 30.3 Å². The highest BCUT2D eigenvalue weighted by molar-refractivity contribution is 6.99. The molecule has 1 aromatic carbocycles. The molecule has 2 aliphatic heterocycles. The second-order valence-electron chi connectivity index (χ2n) is 8.23. The lowest BCUT2D eigenvalue weighted by molar-refractivity contribution is 0.0528. The molecule has 1 aromatic heterocycles. The molecule has 9 nitrogen and oxygen atoms in total. The van der Waals surface area contributed by atoms with Gasteiger partial charge in [-0.25, -0.2) is 4.79 Å². The van der Waals surface area contributed by atoms with Crippen LogP contribution >= 0.6 is 11.7 Å². The first-order valence-electron chi connectivity index (χ1n) is 11.2. The van der Waals surface area contributed by atoms with Gasteiger partial charge in [0.15, 0.2) is 0 Å². The van der Waals surface area contributed by atoms with Crippen LogP contribution < -0.4 is 15.0 Å². The molecule has 10 heteroatoms. The smallest absolute Gasteiger partial charge is 0.317 e. The highest BCUT2D eigenvalue weighted by Crippen LogP contribution is 2.26. The van der Waals surface area contributed by atoms with Crippen molar-refractivity contribution in [3.05, 3.63) is 35.9 Å². The maximum absolute atomic E-state index is 12.6. The molecule has 0 radical (unpaired) electrons. The Hall–Kier alpha value is -2.43. The third-order valence-corrected chi connectivity index (χ3v) is 6.53. The number of nitrogens with one attached hydrogen (secondary N) is 1. The molecule has 2 saturated heterocycles. The molecule has 1 N–H and O–H groups in total. The van der Waals surface area contributed by atoms with Crippen molar-refractivity contribution in [1.29, 1.82) is 0 Å². The van der Waals surface area contributed by atoms with Gasteiger partial charge in [0.05, 0.1) is 32.1 Å². The summed E-state index contributed by atoms with van der Waals surface area (Å²) in [6, 6.07) is 10.5. The summed E-state index contributed by atoms with van der Waals surface area (Å²) < 4.78 is 19.3. The number of anilines is 1. The van der Waals surface area contributed by atoms with E-state index in [-0.39, 0.29) is 6.03 Å². The number of carbonyl (C=O) groups is 1. The number of aromatic nitrogens is 2. The van der Waals surface area contributed by atoms with Gasteiger partial charge < -0.3 is 24.6 Å². The number of hydrogen-bond donors (Lipinski definition) is 1. The summed E-state index contributed by atoms with van der Waals surface area (Å²) in [6.07, 6.45) is 0.939. The van der Waals surface area contributed by atoms with Crippen LogP contribution in [-0.2, 0) is 11.2 Å². The highest BCUT2D eigenvalue weighted by Gasteiger charge is 2.25. The Morgan fingerprint density at radius 2 is 1.88 bits per heavy atom. The van der Waals surface area contributed by atoms with E-state index in [1.54, 1.807) is 7.11 Å². The van der Waals surface area contributed by atoms with E-state index in [1.165, 1.54) is 17.3 Å². The molecule has 0 bridgehead atoms. The zero-order valence-corrected chi connectivity index (χ0v) is 19.4. The van der Waals surface area contributed by atoms with Crippen molar-refractivity contribution in [2.24, 2.45) is 5.92 Å². The summed E-state index contributed by atoms with van der Waals surface area (Å²) in [6.45, 7) is 7.83. The van der Waals surface area contributed by atoms with E-state index in [0.29, 0.717) is 44.6 Å². The highest BCUT2D eigenvalue weighted by atomic mass is 32.1. The molecule has 2 aromatic rings. The normalized spacial score (nSPS) is 18.4. The van der Waals surface area contributed by atoms with Crippen LogP contribution in [0, 0.1) is 5.92 Å². The first-order valence-corrected chi connectivity index (χ1v) is 11.9. The number of nitrogens with zero attached hydrogens (tertiary/aromatic N) is 5. The van der Waals surface area contributed by atoms with Gasteiger partial charge in [-0.15, -0.1) is 4.37 Å². The maximum atomic E-state index is 12.6. The fourth-order valence-corrected chi connectivity index (χ4v) is 4.81. The van der Waals surface area contributed by atoms with Crippen molar-refractivity contribution in [1.82, 2.24) is 23.9 Å². The van der Waals surface area contributed by atoms with E-state index < -0.39 is 0 Å². The van der Waals surface area contributed by atoms with Crippen LogP contribution in [0.25, 0.3) is 0 Å². The predicted molar refractivity (Wildman–Crippen MR) is 125 cm³/mol. The van der Waals surface area contributed by atoms with E-state index in [2.05, 4.69) is 48.1 Å². The first-order chi connectivity index (χ1) is 15.7. The zero-order valence-electron chi connectivity index (χ0n) is 18.6. The van der Waals surface area contributed by atoms with E-state index >= 15 is 0 Å². The minimum atomic E-state index is 0.0132. The molecular weight excluding hydrogens is 428 g/mol. The molecule has 3 heterocycles. The Morgan fingerprint density at radius 1 is 1.12 bits per heavy atom. The molecule has 2 fully saturated rings. The van der Waals surface area contributed by atoms with Crippen molar-refractivity contribution in [2.75, 3.05) is 77.6 Å². The third kappa shape index (κ3) is 6.08. The molecule has 1 atom stereocenters. The number of rotatable bonds is 8. The van der Waals surface area contributed by atoms with Gasteiger partial charge >= 0.3 is 6.03 Å². The van der Waals surface area contributed by atoms with E-state index in [4.69, 9.17) is 9.47 Å². The Labute approximate surface area is 193 Å². The molecule has 2 amide bonds. The molecule has 0 aliphatic carbocycles. The minimum absolute atomic E-state index is 0.0132. The second kappa shape index (κ2) is 11.4. The van der Waals surface area contributed by atoms with Crippen molar-refractivity contribution in [2.45, 2.75) is 6.42 Å². The van der Waals surface area contributed by atoms with Gasteiger partial charge in [0.2, 0.25) is 5.82 Å². The first kappa shape index (κ1) is 22.8. The van der Waals surface area contributed by atoms with Crippen LogP contribution in [0.2, 0.25) is 0 Å². The predicted octanol–water partition coefficient (Wildman–Crippen LogP) is 1.57. The van der Waals surface area contributed by atoms with Crippen LogP contribution in [0.15, 0.2) is 30.3 Å². The summed E-state index contributed by atoms with van der Waals surface area (Å²) in [7, 11) is 1.63. The van der Waals surface area contributed by atoms with Crippen LogP contribution in [0.1, 0.15) is 5.56 Å². The van der Waals surface area contributed by atoms with Crippen molar-refractivity contribution < 1.29 is 14.3 Å². The number of hydrogen-bond acceptors (Lipinski definition) is 8. The standard InChI is InChI=1S/C22H32N6O3S/c1-30-21-20(24-32-25-21)27-9-7-26(8-10-27)17-19(15-18-5-3-2-4-6-18)16-23-22(29)28-11-13-31-14-12-28/h2-6,19H,7-17H2,1H3,(H,23,29). The Bertz CT molecular complexity index is 837. The van der Waals surface area contributed by atoms with Gasteiger partial charge in [0.1, 0.15) is 0 Å². The molecule has 1 unspecified atom stereocenters. The van der Waals surface area contributed by atoms with Gasteiger partial charge in [-0.2, -0.15) is 4.37 Å². The average molecular weight is 461 g/mol. The van der Waals surface area contributed by atoms with Gasteiger partial charge in [-0.05, 0) is 17.9 Å². The number of carbonyl (C=O) groups excluding carboxylic acids is 1. The summed E-state index contributed by atoms with van der Waals surface area (Å²) >= 11 is 1.19. The number of amides is 2. The zero-order chi connectivity index (χ0) is 22.2. The van der Waals surface area contributed by atoms with Gasteiger partial charge in [-0.3, -0.25) is 4.90 Å². The SMILES string of the molecule is COc1nsnc1N1CCN(CC(CNC(=O)N2CCOCC2)Cc2ccccc2)CC1. The summed E-state index contributed by atoms with van der Waals surface area (Å²) in [4.78, 5) is 19.2. The van der Waals surface area contributed by atoms with Crippen molar-refractivity contribution >= 4 is 23.6 Å². The number of benzene rings is 1. The molecule has 2 aliphatic rings. The molecule has 32 heavy (non-hydrogen) atoms. The lowest BCUT2D eigenvalue weighted by Crippen LogP contribution is -2.50. The minimum Gasteiger partial charge on any atom is -0.478 e. The van der Waals surface area contributed by atoms with Crippen LogP contribution in [-0.4, -0.2) is 97.3 Å². The average Bonchev–Trinajstić information content (AvgIpc) is 3.33. The van der Waals surface area contributed by atoms with Crippen molar-refractivity contribution in [3.8, 4) is 5.88 Å². The van der Waals surface area contributed by atoms with Gasteiger partial charge in [0, 0.05) is 52.4 Å². The lowest BCUT2D eigenvalue weighted by atomic mass is 9.98. The Morgan fingerprint density at radius 3 is 2.59 bits per heavy atom. The van der Waals surface area contributed by atoms with Crippen LogP contribution in [0.3, 0.4) is 0 Å². The quantitative estimate of drug-likeness (QED) is 0.640. The Balaban J connectivity index is 1.32. The monoisotopic (exact) mass is 460 g/mol. The second-order valence-corrected chi connectivity index (χ2v) is 8.75. The number of methoxy groups -OCH3 is 1. The third-order valence-electron chi connectivity index (χ3n) is 6.03. The number of ether oxygens (including phenoxy) is 2. The molecule has 174 valence electrons. The van der Waals surface area contributed by atoms with Crippen molar-refractivity contribution in [3.63, 3.8) is 0 Å². The van der Waals surface area contributed by atoms with E-state index in [1.807, 2.05) is 11.0 Å². The maximum Gasteiger partial charge on any atom is 0.317 e. The molecule has 0 saturated carbocycles. The topological polar surface area (TPSA) is 83.1 Å². The summed E-state index contributed by atoms with van der Waals surface area (Å²) in [5.74, 6) is 1.79. The fraction of sp³-hybridized carbons (Fsp3) is 0.591.